The molecule has 11 aromatic rings. The predicted octanol–water partition coefficient (Wildman–Crippen LogP) is 15.5. The Labute approximate surface area is 329 Å². The van der Waals surface area contributed by atoms with E-state index in [1.54, 1.807) is 0 Å². The number of para-hydroxylation sites is 2. The van der Waals surface area contributed by atoms with Crippen molar-refractivity contribution >= 4 is 53.3 Å². The van der Waals surface area contributed by atoms with Crippen molar-refractivity contribution in [1.82, 2.24) is 4.57 Å². The maximum Gasteiger partial charge on any atom is 0.0541 e. The second-order valence-corrected chi connectivity index (χ2v) is 15.9. The normalized spacial score (nSPS) is 11.9. The van der Waals surface area contributed by atoms with Gasteiger partial charge in [-0.3, -0.25) is 0 Å². The summed E-state index contributed by atoms with van der Waals surface area (Å²) in [6.45, 7) is 0. The smallest absolute Gasteiger partial charge is 0.0541 e. The summed E-state index contributed by atoms with van der Waals surface area (Å²) in [4.78, 5) is 0. The van der Waals surface area contributed by atoms with Crippen LogP contribution in [0.15, 0.2) is 200 Å². The Morgan fingerprint density at radius 3 is 1.41 bits per heavy atom. The first kappa shape index (κ1) is 31.4. The Morgan fingerprint density at radius 2 is 0.714 bits per heavy atom. The van der Waals surface area contributed by atoms with Crippen LogP contribution in [0.2, 0.25) is 0 Å². The van der Waals surface area contributed by atoms with Gasteiger partial charge in [-0.25, -0.2) is 0 Å². The molecule has 0 radical (unpaired) electrons. The van der Waals surface area contributed by atoms with Crippen LogP contribution in [0, 0.1) is 0 Å². The second-order valence-electron chi connectivity index (χ2n) is 14.8. The molecule has 2 aromatic heterocycles. The van der Waals surface area contributed by atoms with Gasteiger partial charge in [-0.05, 0) is 127 Å². The van der Waals surface area contributed by atoms with Crippen LogP contribution < -0.4 is 0 Å². The van der Waals surface area contributed by atoms with Crippen LogP contribution in [0.25, 0.3) is 114 Å². The molecule has 1 nitrogen and oxygen atoms in total. The van der Waals surface area contributed by atoms with Crippen molar-refractivity contribution in [3.8, 4) is 72.4 Å². The minimum atomic E-state index is 1.17. The van der Waals surface area contributed by atoms with Gasteiger partial charge in [-0.1, -0.05) is 140 Å². The zero-order chi connectivity index (χ0) is 36.7. The predicted molar refractivity (Wildman–Crippen MR) is 240 cm³/mol. The van der Waals surface area contributed by atoms with E-state index in [-0.39, 0.29) is 0 Å². The van der Waals surface area contributed by atoms with Crippen molar-refractivity contribution in [3.05, 3.63) is 200 Å². The van der Waals surface area contributed by atoms with E-state index >= 15 is 0 Å². The van der Waals surface area contributed by atoms with Gasteiger partial charge in [0.15, 0.2) is 0 Å². The molecule has 12 rings (SSSR count). The van der Waals surface area contributed by atoms with Crippen molar-refractivity contribution in [2.45, 2.75) is 0 Å². The third kappa shape index (κ3) is 4.73. The molecule has 260 valence electrons. The van der Waals surface area contributed by atoms with Crippen molar-refractivity contribution < 1.29 is 0 Å². The lowest BCUT2D eigenvalue weighted by Crippen LogP contribution is -1.98. The van der Waals surface area contributed by atoms with Crippen molar-refractivity contribution in [1.29, 1.82) is 0 Å². The molecule has 9 aromatic carbocycles. The van der Waals surface area contributed by atoms with Crippen LogP contribution >= 0.6 is 11.3 Å². The van der Waals surface area contributed by atoms with E-state index in [2.05, 4.69) is 205 Å². The number of benzene rings is 9. The Balaban J connectivity index is 1.08. The van der Waals surface area contributed by atoms with Gasteiger partial charge in [0, 0.05) is 36.6 Å². The second kappa shape index (κ2) is 12.3. The number of thiophene rings is 1. The number of hydrogen-bond donors (Lipinski definition) is 0. The van der Waals surface area contributed by atoms with E-state index in [0.717, 1.165) is 0 Å². The fraction of sp³-hybridized carbons (Fsp3) is 0. The van der Waals surface area contributed by atoms with Crippen molar-refractivity contribution in [3.63, 3.8) is 0 Å². The standard InChI is InChI=1S/C54H33NS/c1-2-12-38(13-3-1)55-51-20-10-8-18-45(51)49-32-36(24-28-52(49)55)34-22-26-43-41-16-5-4-14-39(41)40-15-6-7-17-42(40)47-30-35(23-27-44(47)48(43)31-34)37-25-29-54-50(33-37)46-19-9-11-21-53(46)56-54/h1-33H. The average Bonchev–Trinajstić information content (AvgIpc) is 3.81. The van der Waals surface area contributed by atoms with Gasteiger partial charge in [0.1, 0.15) is 0 Å². The number of hydrogen-bond acceptors (Lipinski definition) is 1. The lowest BCUT2D eigenvalue weighted by Gasteiger charge is -2.24. The summed E-state index contributed by atoms with van der Waals surface area (Å²) in [6, 6.07) is 74.2. The lowest BCUT2D eigenvalue weighted by molar-refractivity contribution is 1.18. The molecular formula is C54H33NS. The van der Waals surface area contributed by atoms with Gasteiger partial charge in [-0.15, -0.1) is 11.3 Å². The maximum atomic E-state index is 2.43. The number of rotatable bonds is 3. The number of fused-ring (bicyclic) bond motifs is 14. The zero-order valence-electron chi connectivity index (χ0n) is 30.4. The first-order valence-corrected chi connectivity index (χ1v) is 20.1. The molecule has 0 spiro atoms. The fourth-order valence-corrected chi connectivity index (χ4v) is 10.3. The molecule has 2 heteroatoms. The Bertz CT molecular complexity index is 3360. The fourth-order valence-electron chi connectivity index (χ4n) is 9.18. The summed E-state index contributed by atoms with van der Waals surface area (Å²) in [7, 11) is 0. The topological polar surface area (TPSA) is 4.93 Å². The van der Waals surface area contributed by atoms with E-state index in [0.29, 0.717) is 0 Å². The largest absolute Gasteiger partial charge is 0.309 e. The number of nitrogens with zero attached hydrogens (tertiary/aromatic N) is 1. The minimum absolute atomic E-state index is 1.17. The molecule has 0 fully saturated rings. The molecule has 0 atom stereocenters. The highest BCUT2D eigenvalue weighted by Crippen LogP contribution is 2.50. The SMILES string of the molecule is c1ccc(-n2c3ccccc3c3cc(-c4ccc5c(c4)-c4ccc(-c6ccc7sc8ccccc8c7c6)cc4-c4ccccc4-c4ccccc4-5)ccc32)cc1. The molecule has 0 bridgehead atoms. The van der Waals surface area contributed by atoms with E-state index in [9.17, 15) is 0 Å². The van der Waals surface area contributed by atoms with Gasteiger partial charge >= 0.3 is 0 Å². The van der Waals surface area contributed by atoms with E-state index < -0.39 is 0 Å². The third-order valence-electron chi connectivity index (χ3n) is 11.8. The molecule has 1 aliphatic carbocycles. The van der Waals surface area contributed by atoms with Crippen molar-refractivity contribution in [2.24, 2.45) is 0 Å². The van der Waals surface area contributed by atoms with Crippen LogP contribution in [0.5, 0.6) is 0 Å². The summed E-state index contributed by atoms with van der Waals surface area (Å²) in [5, 5.41) is 5.17. The first-order chi connectivity index (χ1) is 27.8. The third-order valence-corrected chi connectivity index (χ3v) is 12.9. The molecule has 0 saturated heterocycles. The Morgan fingerprint density at radius 1 is 0.268 bits per heavy atom. The molecule has 2 heterocycles. The van der Waals surface area contributed by atoms with E-state index in [4.69, 9.17) is 0 Å². The molecule has 0 saturated carbocycles. The van der Waals surface area contributed by atoms with Crippen LogP contribution in [-0.2, 0) is 0 Å². The molecule has 0 N–H and O–H groups in total. The van der Waals surface area contributed by atoms with Gasteiger partial charge < -0.3 is 4.57 Å². The highest BCUT2D eigenvalue weighted by Gasteiger charge is 2.23. The molecule has 56 heavy (non-hydrogen) atoms. The molecule has 1 aliphatic rings. The first-order valence-electron chi connectivity index (χ1n) is 19.3. The van der Waals surface area contributed by atoms with Gasteiger partial charge in [0.05, 0.1) is 11.0 Å². The number of aromatic nitrogens is 1. The summed E-state index contributed by atoms with van der Waals surface area (Å²) in [5.74, 6) is 0. The zero-order valence-corrected chi connectivity index (χ0v) is 31.2. The summed E-state index contributed by atoms with van der Waals surface area (Å²) in [5.41, 5.74) is 18.5. The average molecular weight is 728 g/mol. The molecule has 0 unspecified atom stereocenters. The monoisotopic (exact) mass is 727 g/mol. The Hall–Kier alpha value is -7.00. The van der Waals surface area contributed by atoms with E-state index in [1.165, 1.54) is 114 Å². The van der Waals surface area contributed by atoms with Crippen LogP contribution in [-0.4, -0.2) is 4.57 Å². The highest BCUT2D eigenvalue weighted by atomic mass is 32.1. The van der Waals surface area contributed by atoms with Crippen LogP contribution in [0.1, 0.15) is 0 Å². The van der Waals surface area contributed by atoms with Crippen LogP contribution in [0.4, 0.5) is 0 Å². The van der Waals surface area contributed by atoms with E-state index in [1.807, 2.05) is 11.3 Å². The van der Waals surface area contributed by atoms with Crippen molar-refractivity contribution in [2.75, 3.05) is 0 Å². The van der Waals surface area contributed by atoms with Gasteiger partial charge in [0.25, 0.3) is 0 Å². The summed E-state index contributed by atoms with van der Waals surface area (Å²) >= 11 is 1.87. The summed E-state index contributed by atoms with van der Waals surface area (Å²) < 4.78 is 5.04. The highest BCUT2D eigenvalue weighted by molar-refractivity contribution is 7.25. The molecular weight excluding hydrogens is 695 g/mol. The van der Waals surface area contributed by atoms with Gasteiger partial charge in [0.2, 0.25) is 0 Å². The quantitative estimate of drug-likeness (QED) is 0.171. The Kier molecular flexibility index (Phi) is 6.87. The lowest BCUT2D eigenvalue weighted by atomic mass is 9.79. The maximum absolute atomic E-state index is 2.43. The molecule has 0 aliphatic heterocycles. The summed E-state index contributed by atoms with van der Waals surface area (Å²) in [6.07, 6.45) is 0. The minimum Gasteiger partial charge on any atom is -0.309 e. The van der Waals surface area contributed by atoms with Gasteiger partial charge in [-0.2, -0.15) is 0 Å². The molecule has 0 amide bonds. The van der Waals surface area contributed by atoms with Crippen LogP contribution in [0.3, 0.4) is 0 Å².